The van der Waals surface area contributed by atoms with Crippen LogP contribution in [0.15, 0.2) is 24.3 Å². The molecule has 0 atom stereocenters. The number of hydrogen-bond acceptors (Lipinski definition) is 4. The van der Waals surface area contributed by atoms with E-state index in [1.807, 2.05) is 13.0 Å². The molecule has 0 radical (unpaired) electrons. The fourth-order valence-corrected chi connectivity index (χ4v) is 3.13. The summed E-state index contributed by atoms with van der Waals surface area (Å²) in [5, 5.41) is 11.3. The van der Waals surface area contributed by atoms with E-state index in [1.165, 1.54) is 0 Å². The molecule has 0 aliphatic rings. The molecular weight excluding hydrogens is 276 g/mol. The number of hydrogen-bond donors (Lipinski definition) is 1. The molecule has 108 valence electrons. The largest absolute Gasteiger partial charge is 0.326 e. The van der Waals surface area contributed by atoms with Crippen LogP contribution in [0.2, 0.25) is 0 Å². The molecule has 0 saturated carbocycles. The van der Waals surface area contributed by atoms with E-state index in [0.717, 1.165) is 0 Å². The lowest BCUT2D eigenvalue weighted by Gasteiger charge is -2.05. The molecule has 0 unspecified atom stereocenters. The van der Waals surface area contributed by atoms with Gasteiger partial charge in [-0.05, 0) is 37.1 Å². The highest BCUT2D eigenvalue weighted by Gasteiger charge is 2.10. The fourth-order valence-electron chi connectivity index (χ4n) is 1.72. The van der Waals surface area contributed by atoms with Crippen LogP contribution in [0.3, 0.4) is 0 Å². The molecule has 5 nitrogen and oxygen atoms in total. The minimum atomic E-state index is -3.03. The van der Waals surface area contributed by atoms with Crippen molar-refractivity contribution in [3.8, 4) is 6.07 Å². The molecule has 1 aromatic carbocycles. The predicted molar refractivity (Wildman–Crippen MR) is 78.0 cm³/mol. The lowest BCUT2D eigenvalue weighted by molar-refractivity contribution is -0.116. The summed E-state index contributed by atoms with van der Waals surface area (Å²) in [5.41, 5.74) is 1.12. The Bertz CT molecular complexity index is 586. The number of sulfone groups is 1. The first kappa shape index (κ1) is 16.2. The van der Waals surface area contributed by atoms with E-state index < -0.39 is 9.84 Å². The van der Waals surface area contributed by atoms with Gasteiger partial charge in [0, 0.05) is 17.9 Å². The molecular formula is C14H18N2O3S. The van der Waals surface area contributed by atoms with E-state index in [1.54, 1.807) is 24.3 Å². The molecule has 0 aromatic heterocycles. The van der Waals surface area contributed by atoms with Crippen molar-refractivity contribution in [1.82, 2.24) is 0 Å². The molecule has 0 saturated heterocycles. The van der Waals surface area contributed by atoms with Gasteiger partial charge in [0.05, 0.1) is 17.4 Å². The Balaban J connectivity index is 2.39. The van der Waals surface area contributed by atoms with Crippen LogP contribution in [-0.4, -0.2) is 25.8 Å². The maximum atomic E-state index is 11.6. The number of rotatable bonds is 7. The topological polar surface area (TPSA) is 87.0 Å². The van der Waals surface area contributed by atoms with Crippen LogP contribution in [0.4, 0.5) is 5.69 Å². The molecule has 1 N–H and O–H groups in total. The summed E-state index contributed by atoms with van der Waals surface area (Å²) in [6.45, 7) is 1.81. The Hall–Kier alpha value is -1.87. The fraction of sp³-hybridized carbons (Fsp3) is 0.429. The van der Waals surface area contributed by atoms with Crippen LogP contribution in [0.1, 0.15) is 31.7 Å². The van der Waals surface area contributed by atoms with Gasteiger partial charge >= 0.3 is 0 Å². The summed E-state index contributed by atoms with van der Waals surface area (Å²) in [4.78, 5) is 11.6. The number of benzene rings is 1. The summed E-state index contributed by atoms with van der Waals surface area (Å²) in [5.74, 6) is -0.00676. The van der Waals surface area contributed by atoms with Crippen molar-refractivity contribution < 1.29 is 13.2 Å². The number of amides is 1. The maximum absolute atomic E-state index is 11.6. The van der Waals surface area contributed by atoms with Crippen LogP contribution in [0.5, 0.6) is 0 Å². The van der Waals surface area contributed by atoms with E-state index in [9.17, 15) is 13.2 Å². The van der Waals surface area contributed by atoms with Crippen LogP contribution < -0.4 is 5.32 Å². The Morgan fingerprint density at radius 3 is 2.45 bits per heavy atom. The van der Waals surface area contributed by atoms with Gasteiger partial charge in [-0.1, -0.05) is 6.92 Å². The molecule has 1 rings (SSSR count). The molecule has 6 heteroatoms. The standard InChI is InChI=1S/C14H18N2O3S/c1-2-9-20(18,19)10-3-4-14(17)16-13-7-5-12(11-15)6-8-13/h5-8H,2-4,9-10H2,1H3,(H,16,17). The average Bonchev–Trinajstić information content (AvgIpc) is 2.39. The van der Waals surface area contributed by atoms with Crippen molar-refractivity contribution in [1.29, 1.82) is 5.26 Å². The summed E-state index contributed by atoms with van der Waals surface area (Å²) in [6.07, 6.45) is 1.09. The van der Waals surface area contributed by atoms with Crippen molar-refractivity contribution >= 4 is 21.4 Å². The van der Waals surface area contributed by atoms with Crippen molar-refractivity contribution in [2.45, 2.75) is 26.2 Å². The molecule has 20 heavy (non-hydrogen) atoms. The van der Waals surface area contributed by atoms with Gasteiger partial charge in [-0.25, -0.2) is 8.42 Å². The van der Waals surface area contributed by atoms with Gasteiger partial charge in [0.1, 0.15) is 9.84 Å². The Labute approximate surface area is 119 Å². The van der Waals surface area contributed by atoms with E-state index in [4.69, 9.17) is 5.26 Å². The van der Waals surface area contributed by atoms with Crippen molar-refractivity contribution in [3.05, 3.63) is 29.8 Å². The summed E-state index contributed by atoms with van der Waals surface area (Å²) >= 11 is 0. The predicted octanol–water partition coefficient (Wildman–Crippen LogP) is 2.10. The zero-order valence-corrected chi connectivity index (χ0v) is 12.2. The lowest BCUT2D eigenvalue weighted by Crippen LogP contribution is -2.15. The van der Waals surface area contributed by atoms with Crippen molar-refractivity contribution in [3.63, 3.8) is 0 Å². The second-order valence-electron chi connectivity index (χ2n) is 4.49. The molecule has 1 aromatic rings. The number of carbonyl (C=O) groups excluding carboxylic acids is 1. The van der Waals surface area contributed by atoms with Crippen molar-refractivity contribution in [2.24, 2.45) is 0 Å². The Morgan fingerprint density at radius 2 is 1.90 bits per heavy atom. The second-order valence-corrected chi connectivity index (χ2v) is 6.80. The molecule has 0 aliphatic carbocycles. The van der Waals surface area contributed by atoms with Crippen LogP contribution in [0.25, 0.3) is 0 Å². The Kier molecular flexibility index (Phi) is 6.19. The first-order valence-electron chi connectivity index (χ1n) is 6.47. The third-order valence-corrected chi connectivity index (χ3v) is 4.61. The molecule has 0 spiro atoms. The van der Waals surface area contributed by atoms with E-state index in [0.29, 0.717) is 24.1 Å². The third-order valence-electron chi connectivity index (χ3n) is 2.67. The molecule has 0 heterocycles. The number of nitriles is 1. The quantitative estimate of drug-likeness (QED) is 0.834. The number of anilines is 1. The van der Waals surface area contributed by atoms with E-state index in [2.05, 4.69) is 5.32 Å². The average molecular weight is 294 g/mol. The van der Waals surface area contributed by atoms with E-state index in [-0.39, 0.29) is 23.8 Å². The summed E-state index contributed by atoms with van der Waals surface area (Å²) in [6, 6.07) is 8.50. The van der Waals surface area contributed by atoms with Gasteiger partial charge in [-0.3, -0.25) is 4.79 Å². The Morgan fingerprint density at radius 1 is 1.25 bits per heavy atom. The zero-order chi connectivity index (χ0) is 15.0. The molecule has 0 fully saturated rings. The summed E-state index contributed by atoms with van der Waals surface area (Å²) in [7, 11) is -3.03. The smallest absolute Gasteiger partial charge is 0.224 e. The van der Waals surface area contributed by atoms with Gasteiger partial charge in [0.25, 0.3) is 0 Å². The third kappa shape index (κ3) is 5.85. The SMILES string of the molecule is CCCS(=O)(=O)CCCC(=O)Nc1ccc(C#N)cc1. The number of nitrogens with one attached hydrogen (secondary N) is 1. The van der Waals surface area contributed by atoms with Gasteiger partial charge < -0.3 is 5.32 Å². The van der Waals surface area contributed by atoms with Gasteiger partial charge in [-0.15, -0.1) is 0 Å². The maximum Gasteiger partial charge on any atom is 0.224 e. The van der Waals surface area contributed by atoms with Gasteiger partial charge in [-0.2, -0.15) is 5.26 Å². The minimum absolute atomic E-state index is 0.0433. The second kappa shape index (κ2) is 7.65. The molecule has 0 bridgehead atoms. The highest BCUT2D eigenvalue weighted by molar-refractivity contribution is 7.91. The monoisotopic (exact) mass is 294 g/mol. The molecule has 0 aliphatic heterocycles. The lowest BCUT2D eigenvalue weighted by atomic mass is 10.2. The van der Waals surface area contributed by atoms with Crippen LogP contribution in [0, 0.1) is 11.3 Å². The van der Waals surface area contributed by atoms with Gasteiger partial charge in [0.2, 0.25) is 5.91 Å². The first-order valence-corrected chi connectivity index (χ1v) is 8.29. The normalized spacial score (nSPS) is 10.8. The molecule has 1 amide bonds. The zero-order valence-electron chi connectivity index (χ0n) is 11.4. The highest BCUT2D eigenvalue weighted by Crippen LogP contribution is 2.09. The van der Waals surface area contributed by atoms with Crippen molar-refractivity contribution in [2.75, 3.05) is 16.8 Å². The first-order chi connectivity index (χ1) is 9.46. The summed E-state index contributed by atoms with van der Waals surface area (Å²) < 4.78 is 23.0. The van der Waals surface area contributed by atoms with Gasteiger partial charge in [0.15, 0.2) is 0 Å². The number of nitrogens with zero attached hydrogens (tertiary/aromatic N) is 1. The minimum Gasteiger partial charge on any atom is -0.326 e. The van der Waals surface area contributed by atoms with Crippen LogP contribution >= 0.6 is 0 Å². The highest BCUT2D eigenvalue weighted by atomic mass is 32.2. The number of carbonyl (C=O) groups is 1. The van der Waals surface area contributed by atoms with Crippen LogP contribution in [-0.2, 0) is 14.6 Å². The van der Waals surface area contributed by atoms with E-state index >= 15 is 0 Å².